The minimum Gasteiger partial charge on any atom is -0.0812 e. The van der Waals surface area contributed by atoms with Crippen LogP contribution in [-0.2, 0) is 0 Å². The summed E-state index contributed by atoms with van der Waals surface area (Å²) in [6, 6.07) is 17.6. The van der Waals surface area contributed by atoms with E-state index in [1.54, 1.807) is 0 Å². The maximum absolute atomic E-state index is 2.34. The summed E-state index contributed by atoms with van der Waals surface area (Å²) in [5, 5.41) is 0. The van der Waals surface area contributed by atoms with Crippen molar-refractivity contribution in [3.8, 4) is 0 Å². The van der Waals surface area contributed by atoms with E-state index in [9.17, 15) is 0 Å². The third kappa shape index (κ3) is 3.40. The molecule has 0 spiro atoms. The molecule has 4 heteroatoms. The van der Waals surface area contributed by atoms with Crippen LogP contribution in [-0.4, -0.2) is 0 Å². The summed E-state index contributed by atoms with van der Waals surface area (Å²) in [6.07, 6.45) is 18.1. The number of thioether (sulfide) groups is 4. The lowest BCUT2D eigenvalue weighted by molar-refractivity contribution is 0.905. The zero-order chi connectivity index (χ0) is 19.9. The fourth-order valence-corrected chi connectivity index (χ4v) is 9.39. The lowest BCUT2D eigenvalue weighted by Gasteiger charge is -2.23. The molecule has 0 saturated carbocycles. The maximum Gasteiger partial charge on any atom is 0.0544 e. The summed E-state index contributed by atoms with van der Waals surface area (Å²) in [5.41, 5.74) is 2.94. The summed E-state index contributed by atoms with van der Waals surface area (Å²) in [4.78, 5) is 5.49. The molecule has 2 aliphatic heterocycles. The first-order valence-electron chi connectivity index (χ1n) is 9.95. The van der Waals surface area contributed by atoms with Gasteiger partial charge in [0.05, 0.1) is 8.47 Å². The van der Waals surface area contributed by atoms with Crippen molar-refractivity contribution in [1.29, 1.82) is 0 Å². The Kier molecular flexibility index (Phi) is 5.12. The smallest absolute Gasteiger partial charge is 0.0544 e. The van der Waals surface area contributed by atoms with Gasteiger partial charge in [0.1, 0.15) is 0 Å². The van der Waals surface area contributed by atoms with Gasteiger partial charge in [0.25, 0.3) is 0 Å². The largest absolute Gasteiger partial charge is 0.0812 e. The van der Waals surface area contributed by atoms with Gasteiger partial charge >= 0.3 is 0 Å². The average molecular weight is 459 g/mol. The molecular weight excluding hydrogens is 441 g/mol. The van der Waals surface area contributed by atoms with Crippen LogP contribution in [0.2, 0.25) is 0 Å². The Morgan fingerprint density at radius 1 is 0.467 bits per heavy atom. The molecule has 2 aromatic carbocycles. The van der Waals surface area contributed by atoms with Crippen LogP contribution in [0.15, 0.2) is 136 Å². The van der Waals surface area contributed by atoms with Crippen LogP contribution in [0.1, 0.15) is 0 Å². The molecule has 146 valence electrons. The lowest BCUT2D eigenvalue weighted by atomic mass is 9.88. The van der Waals surface area contributed by atoms with Crippen molar-refractivity contribution in [1.82, 2.24) is 0 Å². The second kappa shape index (κ2) is 8.08. The molecular formula is C26H18S4. The molecule has 0 saturated heterocycles. The number of hydrogen-bond acceptors (Lipinski definition) is 4. The quantitative estimate of drug-likeness (QED) is 0.451. The second-order valence-electron chi connectivity index (χ2n) is 7.30. The molecule has 30 heavy (non-hydrogen) atoms. The summed E-state index contributed by atoms with van der Waals surface area (Å²) in [7, 11) is 0. The Morgan fingerprint density at radius 2 is 0.767 bits per heavy atom. The third-order valence-corrected chi connectivity index (χ3v) is 10.6. The van der Waals surface area contributed by atoms with Gasteiger partial charge < -0.3 is 0 Å². The minimum atomic E-state index is 0.323. The first-order valence-corrected chi connectivity index (χ1v) is 13.2. The molecule has 2 aromatic rings. The Labute approximate surface area is 194 Å². The van der Waals surface area contributed by atoms with Gasteiger partial charge in [-0.05, 0) is 35.4 Å². The van der Waals surface area contributed by atoms with E-state index in [-0.39, 0.29) is 0 Å². The molecule has 0 bridgehead atoms. The Balaban J connectivity index is 1.53. The van der Waals surface area contributed by atoms with Crippen LogP contribution in [0.25, 0.3) is 0 Å². The number of fused-ring (bicyclic) bond motifs is 2. The molecule has 2 aliphatic carbocycles. The molecule has 0 N–H and O–H groups in total. The monoisotopic (exact) mass is 458 g/mol. The van der Waals surface area contributed by atoms with Crippen molar-refractivity contribution >= 4 is 47.0 Å². The van der Waals surface area contributed by atoms with Crippen LogP contribution >= 0.6 is 47.0 Å². The van der Waals surface area contributed by atoms with Gasteiger partial charge in [0.2, 0.25) is 0 Å². The Bertz CT molecular complexity index is 1040. The predicted molar refractivity (Wildman–Crippen MR) is 134 cm³/mol. The molecule has 0 fully saturated rings. The number of hydrogen-bond donors (Lipinski definition) is 0. The van der Waals surface area contributed by atoms with Gasteiger partial charge in [-0.25, -0.2) is 0 Å². The van der Waals surface area contributed by atoms with E-state index >= 15 is 0 Å². The maximum atomic E-state index is 2.34. The zero-order valence-electron chi connectivity index (χ0n) is 16.0. The van der Waals surface area contributed by atoms with Crippen LogP contribution in [0, 0.1) is 11.8 Å². The molecule has 2 heterocycles. The van der Waals surface area contributed by atoms with Crippen molar-refractivity contribution in [3.63, 3.8) is 0 Å². The molecule has 0 nitrogen and oxygen atoms in total. The van der Waals surface area contributed by atoms with Crippen molar-refractivity contribution in [2.45, 2.75) is 19.6 Å². The van der Waals surface area contributed by atoms with Crippen molar-refractivity contribution < 1.29 is 0 Å². The number of benzene rings is 2. The van der Waals surface area contributed by atoms with Crippen molar-refractivity contribution in [2.75, 3.05) is 0 Å². The molecule has 0 radical (unpaired) electrons. The molecule has 0 atom stereocenters. The third-order valence-electron chi connectivity index (χ3n) is 5.40. The standard InChI is InChI=1S/C26H18S4/c1-2-10-17(9-1)23(25-27-19-13-5-6-14-20(19)28-25)24(18-11-3-4-12-18)26-29-21-15-7-8-16-22(21)30-26/h1-18H. The highest BCUT2D eigenvalue weighted by molar-refractivity contribution is 8.25. The molecule has 6 rings (SSSR count). The summed E-state index contributed by atoms with van der Waals surface area (Å²) < 4.78 is 2.84. The Morgan fingerprint density at radius 3 is 1.07 bits per heavy atom. The second-order valence-corrected chi connectivity index (χ2v) is 12.0. The van der Waals surface area contributed by atoms with Gasteiger partial charge in [-0.15, -0.1) is 0 Å². The van der Waals surface area contributed by atoms with E-state index < -0.39 is 0 Å². The molecule has 0 unspecified atom stereocenters. The SMILES string of the molecule is C1=CC(C(=C2Sc3ccccc3S2)C(=C2Sc3ccccc3S2)C2C=CC=C2)C=C1. The van der Waals surface area contributed by atoms with E-state index in [4.69, 9.17) is 0 Å². The molecule has 4 aliphatic rings. The zero-order valence-corrected chi connectivity index (χ0v) is 19.3. The van der Waals surface area contributed by atoms with Gasteiger partial charge in [0, 0.05) is 31.4 Å². The lowest BCUT2D eigenvalue weighted by Crippen LogP contribution is -2.09. The van der Waals surface area contributed by atoms with Gasteiger partial charge in [-0.1, -0.05) is 120 Å². The highest BCUT2D eigenvalue weighted by Crippen LogP contribution is 2.59. The Hall–Kier alpha value is -1.72. The normalized spacial score (nSPS) is 19.2. The number of rotatable bonds is 3. The minimum absolute atomic E-state index is 0.323. The predicted octanol–water partition coefficient (Wildman–Crippen LogP) is 8.69. The van der Waals surface area contributed by atoms with E-state index in [0.29, 0.717) is 11.8 Å². The van der Waals surface area contributed by atoms with Crippen LogP contribution in [0.5, 0.6) is 0 Å². The van der Waals surface area contributed by atoms with E-state index in [1.807, 2.05) is 47.0 Å². The number of allylic oxidation sites excluding steroid dienone is 10. The highest BCUT2D eigenvalue weighted by atomic mass is 32.2. The van der Waals surface area contributed by atoms with Crippen LogP contribution in [0.3, 0.4) is 0 Å². The molecule has 0 aromatic heterocycles. The van der Waals surface area contributed by atoms with Crippen molar-refractivity contribution in [2.24, 2.45) is 11.8 Å². The van der Waals surface area contributed by atoms with Crippen LogP contribution in [0.4, 0.5) is 0 Å². The van der Waals surface area contributed by atoms with Gasteiger partial charge in [0.15, 0.2) is 0 Å². The van der Waals surface area contributed by atoms with E-state index in [0.717, 1.165) is 0 Å². The van der Waals surface area contributed by atoms with E-state index in [1.165, 1.54) is 39.2 Å². The fourth-order valence-electron chi connectivity index (χ4n) is 4.00. The fraction of sp³-hybridized carbons (Fsp3) is 0.0769. The topological polar surface area (TPSA) is 0 Å². The highest BCUT2D eigenvalue weighted by Gasteiger charge is 2.33. The average Bonchev–Trinajstić information content (AvgIpc) is 3.57. The van der Waals surface area contributed by atoms with E-state index in [2.05, 4.69) is 97.1 Å². The summed E-state index contributed by atoms with van der Waals surface area (Å²) in [6.45, 7) is 0. The van der Waals surface area contributed by atoms with Crippen LogP contribution < -0.4 is 0 Å². The van der Waals surface area contributed by atoms with Gasteiger partial charge in [-0.2, -0.15) is 0 Å². The van der Waals surface area contributed by atoms with Crippen molar-refractivity contribution in [3.05, 3.63) is 117 Å². The first-order chi connectivity index (χ1) is 14.9. The van der Waals surface area contributed by atoms with Gasteiger partial charge in [-0.3, -0.25) is 0 Å². The molecule has 0 amide bonds. The summed E-state index contributed by atoms with van der Waals surface area (Å²) >= 11 is 7.74. The summed E-state index contributed by atoms with van der Waals surface area (Å²) in [5.74, 6) is 0.647. The first kappa shape index (κ1) is 19.0.